The molecule has 0 aliphatic carbocycles. The summed E-state index contributed by atoms with van der Waals surface area (Å²) in [5.74, 6) is -4.56. The number of carbonyl (C=O) groups is 2. The minimum absolute atomic E-state index is 0.0324. The second-order valence-corrected chi connectivity index (χ2v) is 9.07. The number of nitrogens with zero attached hydrogens (tertiary/aromatic N) is 1. The predicted molar refractivity (Wildman–Crippen MR) is 145 cm³/mol. The number of halogens is 3. The number of hydroxylamine groups is 1. The van der Waals surface area contributed by atoms with Crippen LogP contribution in [0.2, 0.25) is 0 Å². The van der Waals surface area contributed by atoms with Gasteiger partial charge >= 0.3 is 5.97 Å². The van der Waals surface area contributed by atoms with Crippen LogP contribution in [0.25, 0.3) is 5.69 Å². The van der Waals surface area contributed by atoms with Crippen LogP contribution in [0.4, 0.5) is 19.0 Å². The first kappa shape index (κ1) is 29.1. The fourth-order valence-electron chi connectivity index (χ4n) is 4.02. The van der Waals surface area contributed by atoms with Gasteiger partial charge in [0, 0.05) is 30.3 Å². The molecule has 0 spiro atoms. The van der Waals surface area contributed by atoms with Crippen molar-refractivity contribution in [2.45, 2.75) is 19.8 Å². The van der Waals surface area contributed by atoms with Crippen LogP contribution in [0.5, 0.6) is 5.75 Å². The molecule has 1 aromatic heterocycles. The molecule has 0 fully saturated rings. The minimum Gasteiger partial charge on any atom is -0.493 e. The molecule has 0 saturated heterocycles. The summed E-state index contributed by atoms with van der Waals surface area (Å²) in [6.45, 7) is 1.73. The molecule has 3 aromatic carbocycles. The molecular weight excluding hydrogens is 539 g/mol. The van der Waals surface area contributed by atoms with Crippen molar-refractivity contribution in [2.75, 3.05) is 18.9 Å². The maximum atomic E-state index is 15.1. The van der Waals surface area contributed by atoms with Crippen molar-refractivity contribution in [1.29, 1.82) is 0 Å². The Bertz CT molecular complexity index is 1620. The second kappa shape index (κ2) is 13.0. The Morgan fingerprint density at radius 2 is 1.63 bits per heavy atom. The molecule has 11 heteroatoms. The van der Waals surface area contributed by atoms with Crippen molar-refractivity contribution in [3.05, 3.63) is 123 Å². The lowest BCUT2D eigenvalue weighted by molar-refractivity contribution is -0.150. The lowest BCUT2D eigenvalue weighted by Crippen LogP contribution is -2.25. The Balaban J connectivity index is 1.40. The third-order valence-corrected chi connectivity index (χ3v) is 6.08. The van der Waals surface area contributed by atoms with E-state index in [1.165, 1.54) is 19.1 Å². The molecule has 212 valence electrons. The molecule has 0 atom stereocenters. The highest BCUT2D eigenvalue weighted by molar-refractivity contribution is 6.11. The summed E-state index contributed by atoms with van der Waals surface area (Å²) < 4.78 is 49.7. The van der Waals surface area contributed by atoms with E-state index in [9.17, 15) is 18.8 Å². The largest absolute Gasteiger partial charge is 0.493 e. The lowest BCUT2D eigenvalue weighted by Gasteiger charge is -2.16. The summed E-state index contributed by atoms with van der Waals surface area (Å²) in [7, 11) is 0. The van der Waals surface area contributed by atoms with Crippen LogP contribution in [0.1, 0.15) is 33.5 Å². The van der Waals surface area contributed by atoms with E-state index in [1.807, 2.05) is 18.2 Å². The zero-order valence-electron chi connectivity index (χ0n) is 22.0. The Hall–Kier alpha value is -4.90. The van der Waals surface area contributed by atoms with Gasteiger partial charge in [0.1, 0.15) is 23.1 Å². The summed E-state index contributed by atoms with van der Waals surface area (Å²) >= 11 is 0. The van der Waals surface area contributed by atoms with Gasteiger partial charge in [-0.25, -0.2) is 13.2 Å². The number of carbonyl (C=O) groups excluding carboxylic acids is 2. The van der Waals surface area contributed by atoms with Gasteiger partial charge in [-0.2, -0.15) is 5.48 Å². The molecule has 0 bridgehead atoms. The Morgan fingerprint density at radius 1 is 0.927 bits per heavy atom. The monoisotopic (exact) mass is 565 g/mol. The highest BCUT2D eigenvalue weighted by Crippen LogP contribution is 2.27. The number of ketones is 1. The quantitative estimate of drug-likeness (QED) is 0.157. The number of nitrogens with one attached hydrogen (secondary N) is 1. The maximum Gasteiger partial charge on any atom is 0.329 e. The van der Waals surface area contributed by atoms with Crippen LogP contribution in [0.15, 0.2) is 77.6 Å². The maximum absolute atomic E-state index is 15.1. The van der Waals surface area contributed by atoms with Crippen molar-refractivity contribution < 1.29 is 32.3 Å². The van der Waals surface area contributed by atoms with E-state index < -0.39 is 46.3 Å². The van der Waals surface area contributed by atoms with Gasteiger partial charge in [0.2, 0.25) is 0 Å². The Labute approximate surface area is 233 Å². The number of nitrogen functional groups attached to an aromatic ring is 1. The molecule has 8 nitrogen and oxygen atoms in total. The molecule has 1 heterocycles. The van der Waals surface area contributed by atoms with E-state index in [1.54, 1.807) is 12.1 Å². The zero-order valence-corrected chi connectivity index (χ0v) is 22.0. The Morgan fingerprint density at radius 3 is 2.32 bits per heavy atom. The van der Waals surface area contributed by atoms with Crippen LogP contribution in [0, 0.1) is 24.4 Å². The molecule has 4 aromatic rings. The first-order chi connectivity index (χ1) is 19.7. The van der Waals surface area contributed by atoms with Gasteiger partial charge in [-0.1, -0.05) is 30.3 Å². The third-order valence-electron chi connectivity index (χ3n) is 6.08. The molecular formula is C30H26F3N3O5. The molecule has 41 heavy (non-hydrogen) atoms. The number of aromatic nitrogens is 1. The highest BCUT2D eigenvalue weighted by Gasteiger charge is 2.22. The fourth-order valence-corrected chi connectivity index (χ4v) is 4.02. The van der Waals surface area contributed by atoms with E-state index in [4.69, 9.17) is 15.3 Å². The van der Waals surface area contributed by atoms with Gasteiger partial charge in [-0.05, 0) is 48.7 Å². The number of nitrogens with two attached hydrogens (primary N) is 1. The predicted octanol–water partition coefficient (Wildman–Crippen LogP) is 4.44. The molecule has 3 N–H and O–H groups in total. The fraction of sp³-hybridized carbons (Fsp3) is 0.167. The van der Waals surface area contributed by atoms with Crippen molar-refractivity contribution in [2.24, 2.45) is 0 Å². The third kappa shape index (κ3) is 7.00. The summed E-state index contributed by atoms with van der Waals surface area (Å²) in [6, 6.07) is 16.6. The number of aryl methyl sites for hydroxylation is 1. The molecule has 0 amide bonds. The van der Waals surface area contributed by atoms with Gasteiger partial charge in [-0.3, -0.25) is 19.0 Å². The van der Waals surface area contributed by atoms with Crippen LogP contribution in [0.3, 0.4) is 0 Å². The average Bonchev–Trinajstić information content (AvgIpc) is 2.93. The van der Waals surface area contributed by atoms with Gasteiger partial charge in [0.15, 0.2) is 17.4 Å². The first-order valence-electron chi connectivity index (χ1n) is 12.6. The van der Waals surface area contributed by atoms with Gasteiger partial charge < -0.3 is 15.3 Å². The van der Waals surface area contributed by atoms with Gasteiger partial charge in [0.05, 0.1) is 18.6 Å². The van der Waals surface area contributed by atoms with Crippen molar-refractivity contribution in [3.63, 3.8) is 0 Å². The van der Waals surface area contributed by atoms with Crippen LogP contribution < -0.4 is 21.5 Å². The van der Waals surface area contributed by atoms with Crippen LogP contribution in [-0.2, 0) is 16.1 Å². The molecule has 0 aliphatic heterocycles. The number of ether oxygens (including phenoxy) is 1. The van der Waals surface area contributed by atoms with Crippen LogP contribution in [-0.4, -0.2) is 29.5 Å². The summed E-state index contributed by atoms with van der Waals surface area (Å²) in [5.41, 5.74) is 7.84. The molecule has 0 radical (unpaired) electrons. The molecule has 0 unspecified atom stereocenters. The highest BCUT2D eigenvalue weighted by atomic mass is 19.1. The van der Waals surface area contributed by atoms with Crippen molar-refractivity contribution in [3.8, 4) is 11.4 Å². The molecule has 0 saturated carbocycles. The number of hydrogen-bond donors (Lipinski definition) is 2. The van der Waals surface area contributed by atoms with E-state index in [0.717, 1.165) is 35.9 Å². The Kier molecular flexibility index (Phi) is 9.20. The first-order valence-corrected chi connectivity index (χ1v) is 12.6. The topological polar surface area (TPSA) is 113 Å². The van der Waals surface area contributed by atoms with E-state index in [0.29, 0.717) is 11.0 Å². The minimum atomic E-state index is -1.15. The lowest BCUT2D eigenvalue weighted by atomic mass is 10.0. The number of benzene rings is 3. The van der Waals surface area contributed by atoms with Gasteiger partial charge in [-0.15, -0.1) is 0 Å². The SMILES string of the molecule is Cc1cc(C(=O)c2ccc(=O)n(-c3c(F)cc(OCCCNOC(=O)Cc4ccccc4)cc3F)c2N)ccc1F. The molecule has 4 rings (SSSR count). The normalized spacial score (nSPS) is 10.8. The van der Waals surface area contributed by atoms with Crippen molar-refractivity contribution >= 4 is 17.6 Å². The smallest absolute Gasteiger partial charge is 0.329 e. The van der Waals surface area contributed by atoms with Crippen LogP contribution >= 0.6 is 0 Å². The number of rotatable bonds is 11. The summed E-state index contributed by atoms with van der Waals surface area (Å²) in [4.78, 5) is 42.4. The van der Waals surface area contributed by atoms with E-state index in [-0.39, 0.29) is 42.0 Å². The average molecular weight is 566 g/mol. The number of hydrogen-bond acceptors (Lipinski definition) is 7. The number of pyridine rings is 1. The zero-order chi connectivity index (χ0) is 29.5. The molecule has 0 aliphatic rings. The number of anilines is 1. The van der Waals surface area contributed by atoms with E-state index >= 15 is 8.78 Å². The van der Waals surface area contributed by atoms with Gasteiger partial charge in [0.25, 0.3) is 5.56 Å². The summed E-state index contributed by atoms with van der Waals surface area (Å²) in [5, 5.41) is 0. The second-order valence-electron chi connectivity index (χ2n) is 9.07. The van der Waals surface area contributed by atoms with Crippen molar-refractivity contribution in [1.82, 2.24) is 10.0 Å². The van der Waals surface area contributed by atoms with E-state index in [2.05, 4.69) is 5.48 Å². The summed E-state index contributed by atoms with van der Waals surface area (Å²) in [6.07, 6.45) is 0.439. The standard InChI is InChI=1S/C30H26F3N3O5/c1-18-14-20(8-10-23(18)31)29(39)22-9-11-26(37)36(30(22)34)28-24(32)16-21(17-25(28)33)40-13-5-12-35-41-27(38)15-19-6-3-2-4-7-19/h2-4,6-11,14,16-17,35H,5,12-13,15,34H2,1H3.